The predicted molar refractivity (Wildman–Crippen MR) is 99.7 cm³/mol. The summed E-state index contributed by atoms with van der Waals surface area (Å²) in [4.78, 5) is 38.1. The number of carbonyl (C=O) groups is 1. The number of benzene rings is 1. The number of aromatic nitrogens is 2. The highest BCUT2D eigenvalue weighted by molar-refractivity contribution is 5.89. The minimum atomic E-state index is -0.622. The zero-order valence-electron chi connectivity index (χ0n) is 15.5. The highest BCUT2D eigenvalue weighted by Gasteiger charge is 2.38. The third kappa shape index (κ3) is 3.78. The molecular weight excluding hydrogens is 348 g/mol. The number of aryl methyl sites for hydroxylation is 2. The van der Waals surface area contributed by atoms with Crippen LogP contribution in [0.4, 0.5) is 0 Å². The van der Waals surface area contributed by atoms with Crippen molar-refractivity contribution in [2.24, 2.45) is 5.92 Å². The van der Waals surface area contributed by atoms with Crippen molar-refractivity contribution in [3.63, 3.8) is 0 Å². The molecule has 1 fully saturated rings. The molecule has 1 aromatic carbocycles. The molecule has 0 saturated carbocycles. The number of esters is 1. The van der Waals surface area contributed by atoms with E-state index in [0.717, 1.165) is 11.1 Å². The summed E-state index contributed by atoms with van der Waals surface area (Å²) in [6.07, 6.45) is 0.318. The second-order valence-electron chi connectivity index (χ2n) is 6.82. The lowest BCUT2D eigenvalue weighted by Gasteiger charge is -2.18. The standard InChI is InChI=1S/C20H22N2O5/c1-11-5-7-15(8-6-11)19(24)26-10-16-13(3)14(4)18(27-16)22-9-12(2)17(23)21-20(22)25/h5-9,14,16,18H,3,10H2,1-2,4H3,(H,21,23,25)/t14-,16-,18+/m1/s1. The van der Waals surface area contributed by atoms with Crippen molar-refractivity contribution < 1.29 is 14.3 Å². The third-order valence-corrected chi connectivity index (χ3v) is 4.80. The molecule has 7 nitrogen and oxygen atoms in total. The maximum Gasteiger partial charge on any atom is 0.338 e. The molecule has 1 aliphatic heterocycles. The molecule has 0 spiro atoms. The van der Waals surface area contributed by atoms with E-state index in [1.54, 1.807) is 19.1 Å². The molecule has 0 bridgehead atoms. The largest absolute Gasteiger partial charge is 0.459 e. The van der Waals surface area contributed by atoms with Crippen LogP contribution in [0.2, 0.25) is 0 Å². The Morgan fingerprint density at radius 1 is 1.26 bits per heavy atom. The number of rotatable bonds is 4. The fraction of sp³-hybridized carbons (Fsp3) is 0.350. The van der Waals surface area contributed by atoms with Gasteiger partial charge in [-0.05, 0) is 31.6 Å². The van der Waals surface area contributed by atoms with Gasteiger partial charge in [-0.1, -0.05) is 31.2 Å². The molecule has 3 atom stereocenters. The van der Waals surface area contributed by atoms with E-state index in [2.05, 4.69) is 11.6 Å². The lowest BCUT2D eigenvalue weighted by Crippen LogP contribution is -2.35. The molecule has 142 valence electrons. The summed E-state index contributed by atoms with van der Waals surface area (Å²) in [6.45, 7) is 9.45. The SMILES string of the molecule is C=C1[C@@H](C)[C@@H](n2cc(C)c(=O)[nH]c2=O)O[C@@H]1COC(=O)c1ccc(C)cc1. The first-order valence-electron chi connectivity index (χ1n) is 8.68. The summed E-state index contributed by atoms with van der Waals surface area (Å²) in [5.74, 6) is -0.629. The summed E-state index contributed by atoms with van der Waals surface area (Å²) in [6, 6.07) is 7.08. The summed E-state index contributed by atoms with van der Waals surface area (Å²) >= 11 is 0. The van der Waals surface area contributed by atoms with Crippen LogP contribution in [0.15, 0.2) is 52.2 Å². The van der Waals surface area contributed by atoms with Crippen molar-refractivity contribution in [1.29, 1.82) is 0 Å². The summed E-state index contributed by atoms with van der Waals surface area (Å²) in [7, 11) is 0. The zero-order valence-corrected chi connectivity index (χ0v) is 15.5. The van der Waals surface area contributed by atoms with Crippen LogP contribution in [0.5, 0.6) is 0 Å². The zero-order chi connectivity index (χ0) is 19.7. The highest BCUT2D eigenvalue weighted by atomic mass is 16.6. The minimum Gasteiger partial charge on any atom is -0.459 e. The van der Waals surface area contributed by atoms with Crippen LogP contribution in [-0.4, -0.2) is 28.2 Å². The van der Waals surface area contributed by atoms with Gasteiger partial charge in [-0.3, -0.25) is 14.3 Å². The van der Waals surface area contributed by atoms with Gasteiger partial charge in [-0.25, -0.2) is 9.59 Å². The van der Waals surface area contributed by atoms with E-state index in [9.17, 15) is 14.4 Å². The van der Waals surface area contributed by atoms with Gasteiger partial charge in [0.1, 0.15) is 18.9 Å². The molecule has 1 aromatic heterocycles. The van der Waals surface area contributed by atoms with Crippen molar-refractivity contribution in [2.75, 3.05) is 6.61 Å². The Hall–Kier alpha value is -2.93. The van der Waals surface area contributed by atoms with E-state index >= 15 is 0 Å². The van der Waals surface area contributed by atoms with Crippen molar-refractivity contribution in [2.45, 2.75) is 33.1 Å². The molecule has 0 radical (unpaired) electrons. The first-order chi connectivity index (χ1) is 12.8. The molecule has 1 saturated heterocycles. The maximum atomic E-state index is 12.2. The number of hydrogen-bond donors (Lipinski definition) is 1. The summed E-state index contributed by atoms with van der Waals surface area (Å²) in [5, 5.41) is 0. The van der Waals surface area contributed by atoms with E-state index in [-0.39, 0.29) is 12.5 Å². The van der Waals surface area contributed by atoms with Gasteiger partial charge in [0.05, 0.1) is 5.56 Å². The molecule has 0 aliphatic carbocycles. The van der Waals surface area contributed by atoms with Crippen LogP contribution in [0.25, 0.3) is 0 Å². The monoisotopic (exact) mass is 370 g/mol. The molecule has 1 N–H and O–H groups in total. The first kappa shape index (κ1) is 18.8. The Labute approximate surface area is 156 Å². The van der Waals surface area contributed by atoms with Gasteiger partial charge in [0.2, 0.25) is 0 Å². The smallest absolute Gasteiger partial charge is 0.338 e. The average molecular weight is 370 g/mol. The third-order valence-electron chi connectivity index (χ3n) is 4.80. The Morgan fingerprint density at radius 3 is 2.59 bits per heavy atom. The second kappa shape index (κ2) is 7.36. The Balaban J connectivity index is 1.72. The number of nitrogens with zero attached hydrogens (tertiary/aromatic N) is 1. The molecule has 1 aliphatic rings. The number of carbonyl (C=O) groups excluding carboxylic acids is 1. The van der Waals surface area contributed by atoms with E-state index in [4.69, 9.17) is 9.47 Å². The van der Waals surface area contributed by atoms with Crippen LogP contribution < -0.4 is 11.2 Å². The van der Waals surface area contributed by atoms with Crippen LogP contribution in [-0.2, 0) is 9.47 Å². The number of ether oxygens (including phenoxy) is 2. The van der Waals surface area contributed by atoms with E-state index in [1.165, 1.54) is 10.8 Å². The molecule has 0 unspecified atom stereocenters. The maximum absolute atomic E-state index is 12.2. The fourth-order valence-corrected chi connectivity index (χ4v) is 3.00. The van der Waals surface area contributed by atoms with Crippen molar-refractivity contribution in [1.82, 2.24) is 9.55 Å². The van der Waals surface area contributed by atoms with Gasteiger partial charge in [0.25, 0.3) is 5.56 Å². The van der Waals surface area contributed by atoms with E-state index in [1.807, 2.05) is 26.0 Å². The van der Waals surface area contributed by atoms with Gasteiger partial charge in [-0.2, -0.15) is 0 Å². The quantitative estimate of drug-likeness (QED) is 0.657. The summed E-state index contributed by atoms with van der Waals surface area (Å²) < 4.78 is 12.6. The lowest BCUT2D eigenvalue weighted by atomic mass is 10.00. The minimum absolute atomic E-state index is 0.00344. The van der Waals surface area contributed by atoms with Gasteiger partial charge < -0.3 is 9.47 Å². The van der Waals surface area contributed by atoms with Crippen molar-refractivity contribution in [3.8, 4) is 0 Å². The summed E-state index contributed by atoms with van der Waals surface area (Å²) in [5.41, 5.74) is 1.67. The first-order valence-corrected chi connectivity index (χ1v) is 8.68. The van der Waals surface area contributed by atoms with E-state index < -0.39 is 29.6 Å². The molecule has 0 amide bonds. The second-order valence-corrected chi connectivity index (χ2v) is 6.82. The van der Waals surface area contributed by atoms with Crippen molar-refractivity contribution >= 4 is 5.97 Å². The average Bonchev–Trinajstić information content (AvgIpc) is 2.91. The number of nitrogens with one attached hydrogen (secondary N) is 1. The van der Waals surface area contributed by atoms with Crippen LogP contribution in [0, 0.1) is 19.8 Å². The molecule has 7 heteroatoms. The molecule has 27 heavy (non-hydrogen) atoms. The van der Waals surface area contributed by atoms with Gasteiger partial charge in [0.15, 0.2) is 0 Å². The molecular formula is C20H22N2O5. The molecule has 2 aromatic rings. The Kier molecular flexibility index (Phi) is 5.14. The lowest BCUT2D eigenvalue weighted by molar-refractivity contribution is -0.0379. The highest BCUT2D eigenvalue weighted by Crippen LogP contribution is 2.37. The van der Waals surface area contributed by atoms with Gasteiger partial charge in [-0.15, -0.1) is 0 Å². The molecule has 2 heterocycles. The topological polar surface area (TPSA) is 90.4 Å². The van der Waals surface area contributed by atoms with E-state index in [0.29, 0.717) is 11.1 Å². The predicted octanol–water partition coefficient (Wildman–Crippen LogP) is 2.10. The number of aromatic amines is 1. The Morgan fingerprint density at radius 2 is 1.93 bits per heavy atom. The van der Waals surface area contributed by atoms with Crippen LogP contribution in [0.1, 0.15) is 34.6 Å². The van der Waals surface area contributed by atoms with Gasteiger partial charge >= 0.3 is 11.7 Å². The Bertz CT molecular complexity index is 987. The normalized spacial score (nSPS) is 22.0. The number of H-pyrrole nitrogens is 1. The van der Waals surface area contributed by atoms with Crippen LogP contribution >= 0.6 is 0 Å². The molecule has 3 rings (SSSR count). The fourth-order valence-electron chi connectivity index (χ4n) is 3.00. The van der Waals surface area contributed by atoms with Crippen LogP contribution in [0.3, 0.4) is 0 Å². The number of hydrogen-bond acceptors (Lipinski definition) is 5. The van der Waals surface area contributed by atoms with Gasteiger partial charge in [0, 0.05) is 17.7 Å². The van der Waals surface area contributed by atoms with Crippen molar-refractivity contribution in [3.05, 3.63) is 80.1 Å².